The summed E-state index contributed by atoms with van der Waals surface area (Å²) in [7, 11) is 1.40. The highest BCUT2D eigenvalue weighted by atomic mass is 16.5. The van der Waals surface area contributed by atoms with E-state index in [1.807, 2.05) is 18.2 Å². The van der Waals surface area contributed by atoms with Crippen LogP contribution in [0.1, 0.15) is 34.3 Å². The normalized spacial score (nSPS) is 25.0. The lowest BCUT2D eigenvalue weighted by Crippen LogP contribution is -2.31. The van der Waals surface area contributed by atoms with Gasteiger partial charge in [-0.2, -0.15) is 0 Å². The number of hydrogen-bond donors (Lipinski definition) is 1. The van der Waals surface area contributed by atoms with Gasteiger partial charge in [0.2, 0.25) is 5.91 Å². The third-order valence-electron chi connectivity index (χ3n) is 4.31. The first-order valence-corrected chi connectivity index (χ1v) is 6.59. The molecule has 1 saturated heterocycles. The van der Waals surface area contributed by atoms with Crippen LogP contribution in [0.3, 0.4) is 0 Å². The number of fused-ring (bicyclic) bond motifs is 1. The minimum absolute atomic E-state index is 0.0941. The van der Waals surface area contributed by atoms with Gasteiger partial charge in [0, 0.05) is 18.4 Å². The summed E-state index contributed by atoms with van der Waals surface area (Å²) in [5.74, 6) is -0.129. The fraction of sp³-hybridized carbons (Fsp3) is 0.467. The quantitative estimate of drug-likeness (QED) is 0.777. The fourth-order valence-corrected chi connectivity index (χ4v) is 3.22. The fourth-order valence-electron chi connectivity index (χ4n) is 3.22. The van der Waals surface area contributed by atoms with Crippen molar-refractivity contribution < 1.29 is 14.3 Å². The number of rotatable bonds is 1. The molecule has 0 bridgehead atoms. The molecule has 0 radical (unpaired) electrons. The number of esters is 1. The van der Waals surface area contributed by atoms with Gasteiger partial charge in [-0.15, -0.1) is 0 Å². The summed E-state index contributed by atoms with van der Waals surface area (Å²) in [6.45, 7) is 0.782. The first-order valence-electron chi connectivity index (χ1n) is 6.59. The molecule has 0 unspecified atom stereocenters. The molecule has 0 aromatic heterocycles. The van der Waals surface area contributed by atoms with Crippen molar-refractivity contribution >= 4 is 11.9 Å². The predicted molar refractivity (Wildman–Crippen MR) is 69.9 cm³/mol. The molecule has 4 heteroatoms. The molecular formula is C15H17NO3. The second kappa shape index (κ2) is 4.37. The Bertz CT molecular complexity index is 552. The van der Waals surface area contributed by atoms with Crippen molar-refractivity contribution in [3.63, 3.8) is 0 Å². The van der Waals surface area contributed by atoms with E-state index in [0.29, 0.717) is 12.0 Å². The maximum Gasteiger partial charge on any atom is 0.337 e. The number of ether oxygens (including phenoxy) is 1. The Balaban J connectivity index is 1.87. The maximum absolute atomic E-state index is 11.5. The van der Waals surface area contributed by atoms with Crippen molar-refractivity contribution in [3.05, 3.63) is 34.9 Å². The van der Waals surface area contributed by atoms with Crippen molar-refractivity contribution in [2.75, 3.05) is 13.7 Å². The van der Waals surface area contributed by atoms with Gasteiger partial charge in [0.25, 0.3) is 0 Å². The number of amides is 1. The zero-order chi connectivity index (χ0) is 13.5. The van der Waals surface area contributed by atoms with Crippen LogP contribution in [-0.2, 0) is 22.4 Å². The van der Waals surface area contributed by atoms with Gasteiger partial charge in [-0.05, 0) is 42.5 Å². The third kappa shape index (κ3) is 2.11. The van der Waals surface area contributed by atoms with Crippen LogP contribution in [-0.4, -0.2) is 25.5 Å². The smallest absolute Gasteiger partial charge is 0.337 e. The Morgan fingerprint density at radius 2 is 2.16 bits per heavy atom. The van der Waals surface area contributed by atoms with E-state index >= 15 is 0 Å². The van der Waals surface area contributed by atoms with Gasteiger partial charge in [0.1, 0.15) is 0 Å². The van der Waals surface area contributed by atoms with E-state index in [-0.39, 0.29) is 17.3 Å². The van der Waals surface area contributed by atoms with Crippen LogP contribution in [0.25, 0.3) is 0 Å². The molecule has 1 spiro atoms. The highest BCUT2D eigenvalue weighted by Gasteiger charge is 2.40. The van der Waals surface area contributed by atoms with E-state index in [2.05, 4.69) is 5.32 Å². The summed E-state index contributed by atoms with van der Waals surface area (Å²) in [6.07, 6.45) is 3.48. The zero-order valence-corrected chi connectivity index (χ0v) is 11.0. The largest absolute Gasteiger partial charge is 0.465 e. The monoisotopic (exact) mass is 259 g/mol. The molecule has 1 N–H and O–H groups in total. The van der Waals surface area contributed by atoms with E-state index in [0.717, 1.165) is 25.8 Å². The van der Waals surface area contributed by atoms with Crippen LogP contribution in [0.4, 0.5) is 0 Å². The standard InChI is InChI=1S/C15H17NO3/c1-19-14(18)11-2-3-12-7-15(5-4-10(12)6-11)8-13(17)16-9-15/h2-3,6H,4-5,7-9H2,1H3,(H,16,17)/t15-/m0/s1. The Hall–Kier alpha value is -1.84. The van der Waals surface area contributed by atoms with Crippen molar-refractivity contribution in [2.45, 2.75) is 25.7 Å². The molecule has 1 heterocycles. The Morgan fingerprint density at radius 3 is 2.84 bits per heavy atom. The summed E-state index contributed by atoms with van der Waals surface area (Å²) >= 11 is 0. The summed E-state index contributed by atoms with van der Waals surface area (Å²) in [4.78, 5) is 23.0. The first-order chi connectivity index (χ1) is 9.12. The molecule has 0 saturated carbocycles. The summed E-state index contributed by atoms with van der Waals surface area (Å²) in [5.41, 5.74) is 3.18. The molecule has 1 atom stereocenters. The molecule has 1 aromatic rings. The van der Waals surface area contributed by atoms with E-state index in [4.69, 9.17) is 4.74 Å². The summed E-state index contributed by atoms with van der Waals surface area (Å²) < 4.78 is 4.74. The van der Waals surface area contributed by atoms with Gasteiger partial charge in [-0.1, -0.05) is 6.07 Å². The number of benzene rings is 1. The van der Waals surface area contributed by atoms with Gasteiger partial charge in [0.15, 0.2) is 0 Å². The highest BCUT2D eigenvalue weighted by Crippen LogP contribution is 2.40. The molecule has 3 rings (SSSR count). The second-order valence-electron chi connectivity index (χ2n) is 5.61. The molecule has 1 fully saturated rings. The highest BCUT2D eigenvalue weighted by molar-refractivity contribution is 5.89. The minimum Gasteiger partial charge on any atom is -0.465 e. The number of nitrogens with one attached hydrogen (secondary N) is 1. The van der Waals surface area contributed by atoms with Crippen molar-refractivity contribution in [3.8, 4) is 0 Å². The number of aryl methyl sites for hydroxylation is 1. The van der Waals surface area contributed by atoms with Crippen LogP contribution in [0, 0.1) is 5.41 Å². The van der Waals surface area contributed by atoms with Crippen LogP contribution in [0.15, 0.2) is 18.2 Å². The summed E-state index contributed by atoms with van der Waals surface area (Å²) in [6, 6.07) is 5.75. The van der Waals surface area contributed by atoms with Gasteiger partial charge in [0.05, 0.1) is 12.7 Å². The zero-order valence-electron chi connectivity index (χ0n) is 11.0. The average molecular weight is 259 g/mol. The molecule has 4 nitrogen and oxygen atoms in total. The maximum atomic E-state index is 11.5. The SMILES string of the molecule is COC(=O)c1ccc2c(c1)CC[C@]1(CNC(=O)C1)C2. The van der Waals surface area contributed by atoms with Crippen molar-refractivity contribution in [1.82, 2.24) is 5.32 Å². The van der Waals surface area contributed by atoms with Crippen LogP contribution in [0.2, 0.25) is 0 Å². The molecular weight excluding hydrogens is 242 g/mol. The second-order valence-corrected chi connectivity index (χ2v) is 5.61. The van der Waals surface area contributed by atoms with E-state index in [1.54, 1.807) is 0 Å². The molecule has 100 valence electrons. The van der Waals surface area contributed by atoms with Crippen LogP contribution in [0.5, 0.6) is 0 Å². The summed E-state index contributed by atoms with van der Waals surface area (Å²) in [5, 5.41) is 2.94. The molecule has 1 amide bonds. The predicted octanol–water partition coefficient (Wildman–Crippen LogP) is 1.47. The first kappa shape index (κ1) is 12.2. The molecule has 19 heavy (non-hydrogen) atoms. The Kier molecular flexibility index (Phi) is 2.81. The van der Waals surface area contributed by atoms with Gasteiger partial charge < -0.3 is 10.1 Å². The number of methoxy groups -OCH3 is 1. The Labute approximate surface area is 112 Å². The number of carbonyl (C=O) groups is 2. The number of carbonyl (C=O) groups excluding carboxylic acids is 2. The lowest BCUT2D eigenvalue weighted by molar-refractivity contribution is -0.119. The van der Waals surface area contributed by atoms with Crippen molar-refractivity contribution in [2.24, 2.45) is 5.41 Å². The topological polar surface area (TPSA) is 55.4 Å². The van der Waals surface area contributed by atoms with E-state index < -0.39 is 0 Å². The minimum atomic E-state index is -0.291. The Morgan fingerprint density at radius 1 is 1.32 bits per heavy atom. The third-order valence-corrected chi connectivity index (χ3v) is 4.31. The average Bonchev–Trinajstić information content (AvgIpc) is 2.78. The lowest BCUT2D eigenvalue weighted by atomic mass is 9.71. The van der Waals surface area contributed by atoms with Crippen LogP contribution < -0.4 is 5.32 Å². The van der Waals surface area contributed by atoms with Gasteiger partial charge in [-0.25, -0.2) is 4.79 Å². The van der Waals surface area contributed by atoms with Crippen molar-refractivity contribution in [1.29, 1.82) is 0 Å². The van der Waals surface area contributed by atoms with E-state index in [9.17, 15) is 9.59 Å². The lowest BCUT2D eigenvalue weighted by Gasteiger charge is -2.33. The number of hydrogen-bond acceptors (Lipinski definition) is 3. The van der Waals surface area contributed by atoms with Gasteiger partial charge >= 0.3 is 5.97 Å². The molecule has 1 aromatic carbocycles. The van der Waals surface area contributed by atoms with Gasteiger partial charge in [-0.3, -0.25) is 4.79 Å². The van der Waals surface area contributed by atoms with E-state index in [1.165, 1.54) is 18.2 Å². The molecule has 1 aliphatic carbocycles. The van der Waals surface area contributed by atoms with Crippen LogP contribution >= 0.6 is 0 Å². The molecule has 2 aliphatic rings. The molecule has 1 aliphatic heterocycles.